The molecule has 6 aromatic rings. The van der Waals surface area contributed by atoms with Gasteiger partial charge in [-0.25, -0.2) is 15.0 Å². The molecule has 236 valence electrons. The highest BCUT2D eigenvalue weighted by Gasteiger charge is 2.18. The third-order valence-electron chi connectivity index (χ3n) is 6.66. The van der Waals surface area contributed by atoms with E-state index in [0.29, 0.717) is 78.2 Å². The van der Waals surface area contributed by atoms with Gasteiger partial charge in [0.2, 0.25) is 0 Å². The van der Waals surface area contributed by atoms with Crippen LogP contribution in [0.1, 0.15) is 5.82 Å². The van der Waals surface area contributed by atoms with E-state index in [2.05, 4.69) is 6.58 Å². The molecule has 1 heterocycles. The Labute approximate surface area is 293 Å². The van der Waals surface area contributed by atoms with Crippen LogP contribution < -0.4 is 14.2 Å². The smallest absolute Gasteiger partial charge is 0.167 e. The third kappa shape index (κ3) is 8.49. The van der Waals surface area contributed by atoms with E-state index < -0.39 is 0 Å². The van der Waals surface area contributed by atoms with Crippen LogP contribution in [-0.2, 0) is 0 Å². The molecule has 0 aliphatic heterocycles. The van der Waals surface area contributed by atoms with Crippen LogP contribution in [0, 0.1) is 0 Å². The molecule has 5 aromatic carbocycles. The van der Waals surface area contributed by atoms with Gasteiger partial charge < -0.3 is 14.2 Å². The molecule has 6 nitrogen and oxygen atoms in total. The molecule has 6 rings (SSSR count). The second-order valence-electron chi connectivity index (χ2n) is 10.2. The molecule has 0 radical (unpaired) electrons. The number of ether oxygens (including phenoxy) is 3. The van der Waals surface area contributed by atoms with E-state index >= 15 is 0 Å². The van der Waals surface area contributed by atoms with Crippen molar-refractivity contribution in [2.75, 3.05) is 0 Å². The molecule has 1 aromatic heterocycles. The van der Waals surface area contributed by atoms with Crippen molar-refractivity contribution in [2.45, 2.75) is 0 Å². The van der Waals surface area contributed by atoms with Crippen molar-refractivity contribution < 1.29 is 14.2 Å². The van der Waals surface area contributed by atoms with Gasteiger partial charge in [0.05, 0.1) is 11.1 Å². The van der Waals surface area contributed by atoms with E-state index in [0.717, 1.165) is 0 Å². The maximum absolute atomic E-state index is 6.27. The van der Waals surface area contributed by atoms with Gasteiger partial charge in [-0.1, -0.05) is 96.0 Å². The maximum atomic E-state index is 6.27. The summed E-state index contributed by atoms with van der Waals surface area (Å²) in [5, 5.41) is 1.64. The lowest BCUT2D eigenvalue weighted by molar-refractivity contribution is 0.449. The van der Waals surface area contributed by atoms with Gasteiger partial charge in [0.25, 0.3) is 0 Å². The summed E-state index contributed by atoms with van der Waals surface area (Å²) in [4.78, 5) is 14.6. The average molecular weight is 691 g/mol. The molecule has 0 spiro atoms. The SMILES string of the molecule is C=CC=CC(=Cc1nc(-c2ccccc2Oc2cccc(Cl)c2)nc(-c2ccccc2Oc2cccc(Cl)c2)n1)Oc1cccc(Cl)c1. The summed E-state index contributed by atoms with van der Waals surface area (Å²) in [5.74, 6) is 4.19. The summed E-state index contributed by atoms with van der Waals surface area (Å²) in [7, 11) is 0. The Morgan fingerprint density at radius 1 is 0.562 bits per heavy atom. The summed E-state index contributed by atoms with van der Waals surface area (Å²) >= 11 is 18.7. The summed E-state index contributed by atoms with van der Waals surface area (Å²) in [6.07, 6.45) is 6.86. The van der Waals surface area contributed by atoms with Gasteiger partial charge in [-0.2, -0.15) is 0 Å². The lowest BCUT2D eigenvalue weighted by atomic mass is 10.1. The van der Waals surface area contributed by atoms with Crippen LogP contribution in [-0.4, -0.2) is 15.0 Å². The van der Waals surface area contributed by atoms with Crippen LogP contribution in [0.25, 0.3) is 28.9 Å². The van der Waals surface area contributed by atoms with Crippen molar-refractivity contribution in [2.24, 2.45) is 0 Å². The number of hydrogen-bond acceptors (Lipinski definition) is 6. The minimum atomic E-state index is 0.316. The summed E-state index contributed by atoms with van der Waals surface area (Å²) < 4.78 is 18.7. The van der Waals surface area contributed by atoms with E-state index in [1.807, 2.05) is 72.8 Å². The summed E-state index contributed by atoms with van der Waals surface area (Å²) in [6.45, 7) is 3.79. The molecular formula is C39H26Cl3N3O3. The molecule has 0 N–H and O–H groups in total. The predicted octanol–water partition coefficient (Wildman–Crippen LogP) is 11.9. The molecule has 0 aliphatic rings. The molecule has 0 amide bonds. The molecule has 0 aliphatic carbocycles. The molecule has 0 bridgehead atoms. The molecule has 0 fully saturated rings. The highest BCUT2D eigenvalue weighted by Crippen LogP contribution is 2.36. The van der Waals surface area contributed by atoms with Crippen LogP contribution in [0.2, 0.25) is 15.1 Å². The van der Waals surface area contributed by atoms with E-state index in [1.165, 1.54) is 0 Å². The largest absolute Gasteiger partial charge is 0.457 e. The Hall–Kier alpha value is -5.40. The summed E-state index contributed by atoms with van der Waals surface area (Å²) in [6, 6.07) is 36.4. The predicted molar refractivity (Wildman–Crippen MR) is 193 cm³/mol. The van der Waals surface area contributed by atoms with Crippen molar-refractivity contribution in [3.05, 3.63) is 173 Å². The monoisotopic (exact) mass is 689 g/mol. The molecular weight excluding hydrogens is 665 g/mol. The number of benzene rings is 5. The Kier molecular flexibility index (Phi) is 10.5. The average Bonchev–Trinajstić information content (AvgIpc) is 3.08. The van der Waals surface area contributed by atoms with Crippen molar-refractivity contribution in [1.29, 1.82) is 0 Å². The fourth-order valence-corrected chi connectivity index (χ4v) is 5.10. The maximum Gasteiger partial charge on any atom is 0.167 e. The first-order chi connectivity index (χ1) is 23.4. The molecule has 0 saturated heterocycles. The minimum absolute atomic E-state index is 0.316. The first-order valence-electron chi connectivity index (χ1n) is 14.7. The van der Waals surface area contributed by atoms with Gasteiger partial charge in [-0.05, 0) is 84.9 Å². The molecule has 0 unspecified atom stereocenters. The number of allylic oxidation sites excluding steroid dienone is 3. The lowest BCUT2D eigenvalue weighted by Crippen LogP contribution is -2.03. The number of nitrogens with zero attached hydrogens (tertiary/aromatic N) is 3. The quantitative estimate of drug-likeness (QED) is 0.0996. The fraction of sp³-hybridized carbons (Fsp3) is 0. The van der Waals surface area contributed by atoms with E-state index in [-0.39, 0.29) is 0 Å². The van der Waals surface area contributed by atoms with Crippen LogP contribution in [0.15, 0.2) is 152 Å². The topological polar surface area (TPSA) is 66.4 Å². The standard InChI is InChI=1S/C39H26Cl3N3O3/c1-2-3-14-32(46-29-15-8-11-26(40)22-29)25-37-43-38(33-18-4-6-20-35(33)47-30-16-9-12-27(41)23-30)45-39(44-37)34-19-5-7-21-36(34)48-31-17-10-13-28(42)24-31/h2-25H,1H2. The highest BCUT2D eigenvalue weighted by atomic mass is 35.5. The first-order valence-corrected chi connectivity index (χ1v) is 15.8. The highest BCUT2D eigenvalue weighted by molar-refractivity contribution is 6.31. The third-order valence-corrected chi connectivity index (χ3v) is 7.36. The van der Waals surface area contributed by atoms with Crippen molar-refractivity contribution >= 4 is 40.9 Å². The Morgan fingerprint density at radius 3 is 1.54 bits per heavy atom. The molecule has 48 heavy (non-hydrogen) atoms. The van der Waals surface area contributed by atoms with Crippen molar-refractivity contribution in [1.82, 2.24) is 15.0 Å². The van der Waals surface area contributed by atoms with Crippen LogP contribution >= 0.6 is 34.8 Å². The van der Waals surface area contributed by atoms with Crippen LogP contribution in [0.3, 0.4) is 0 Å². The Balaban J connectivity index is 1.50. The molecule has 0 atom stereocenters. The minimum Gasteiger partial charge on any atom is -0.457 e. The van der Waals surface area contributed by atoms with Crippen LogP contribution in [0.4, 0.5) is 0 Å². The van der Waals surface area contributed by atoms with E-state index in [1.54, 1.807) is 72.8 Å². The van der Waals surface area contributed by atoms with Gasteiger partial charge in [0, 0.05) is 21.1 Å². The van der Waals surface area contributed by atoms with Crippen LogP contribution in [0.5, 0.6) is 28.7 Å². The van der Waals surface area contributed by atoms with Gasteiger partial charge in [-0.15, -0.1) is 0 Å². The second-order valence-corrected chi connectivity index (χ2v) is 11.5. The zero-order chi connectivity index (χ0) is 33.3. The molecule has 0 saturated carbocycles. The van der Waals surface area contributed by atoms with Gasteiger partial charge >= 0.3 is 0 Å². The number of aromatic nitrogens is 3. The number of para-hydroxylation sites is 2. The van der Waals surface area contributed by atoms with E-state index in [9.17, 15) is 0 Å². The normalized spacial score (nSPS) is 11.4. The van der Waals surface area contributed by atoms with Crippen molar-refractivity contribution in [3.63, 3.8) is 0 Å². The summed E-state index contributed by atoms with van der Waals surface area (Å²) in [5.41, 5.74) is 1.26. The zero-order valence-corrected chi connectivity index (χ0v) is 27.5. The van der Waals surface area contributed by atoms with Gasteiger partial charge in [0.15, 0.2) is 17.5 Å². The van der Waals surface area contributed by atoms with Gasteiger partial charge in [-0.3, -0.25) is 0 Å². The number of halogens is 3. The molecule has 9 heteroatoms. The Morgan fingerprint density at radius 2 is 1.04 bits per heavy atom. The number of rotatable bonds is 11. The Bertz CT molecular complexity index is 2040. The fourth-order valence-electron chi connectivity index (χ4n) is 4.56. The first kappa shape index (κ1) is 32.5. The zero-order valence-electron chi connectivity index (χ0n) is 25.3. The number of hydrogen-bond donors (Lipinski definition) is 0. The van der Waals surface area contributed by atoms with Gasteiger partial charge in [0.1, 0.15) is 34.5 Å². The van der Waals surface area contributed by atoms with E-state index in [4.69, 9.17) is 64.0 Å². The van der Waals surface area contributed by atoms with Crippen molar-refractivity contribution in [3.8, 4) is 51.5 Å². The second kappa shape index (κ2) is 15.5. The lowest BCUT2D eigenvalue weighted by Gasteiger charge is -2.14.